The number of nitriles is 1. The van der Waals surface area contributed by atoms with Gasteiger partial charge in [-0.3, -0.25) is 9.11 Å². The summed E-state index contributed by atoms with van der Waals surface area (Å²) in [5, 5.41) is 8.98. The SMILES string of the molecule is N#Cc1nc(-c2ccc(S(=O)(=O)NC3CCS(O)(O)CC3)cc2Cl)ccc1F. The van der Waals surface area contributed by atoms with Crippen LogP contribution in [0.4, 0.5) is 4.39 Å². The van der Waals surface area contributed by atoms with Crippen LogP contribution in [0.1, 0.15) is 18.5 Å². The van der Waals surface area contributed by atoms with E-state index in [1.54, 1.807) is 6.07 Å². The number of aromatic nitrogens is 1. The third-order valence-electron chi connectivity index (χ3n) is 4.39. The Kier molecular flexibility index (Phi) is 5.95. The lowest BCUT2D eigenvalue weighted by molar-refractivity contribution is 0.444. The van der Waals surface area contributed by atoms with E-state index < -0.39 is 26.4 Å². The lowest BCUT2D eigenvalue weighted by Crippen LogP contribution is -2.39. The molecule has 0 bridgehead atoms. The Morgan fingerprint density at radius 1 is 1.25 bits per heavy atom. The minimum absolute atomic E-state index is 0.0546. The van der Waals surface area contributed by atoms with Crippen LogP contribution in [0.15, 0.2) is 35.2 Å². The fraction of sp³-hybridized carbons (Fsp3) is 0.294. The van der Waals surface area contributed by atoms with Gasteiger partial charge < -0.3 is 0 Å². The quantitative estimate of drug-likeness (QED) is 0.660. The monoisotopic (exact) mass is 445 g/mol. The van der Waals surface area contributed by atoms with E-state index in [-0.39, 0.29) is 38.9 Å². The molecule has 1 aromatic heterocycles. The average Bonchev–Trinajstić information content (AvgIpc) is 2.64. The molecular formula is C17H17ClFN3O4S2. The summed E-state index contributed by atoms with van der Waals surface area (Å²) in [6.45, 7) is 0. The first kappa shape index (κ1) is 21.0. The number of nitrogens with zero attached hydrogens (tertiary/aromatic N) is 2. The Morgan fingerprint density at radius 3 is 2.54 bits per heavy atom. The summed E-state index contributed by atoms with van der Waals surface area (Å²) in [7, 11) is -6.46. The van der Waals surface area contributed by atoms with Crippen molar-refractivity contribution in [2.45, 2.75) is 23.8 Å². The molecule has 1 aliphatic heterocycles. The van der Waals surface area contributed by atoms with Gasteiger partial charge in [0.15, 0.2) is 11.5 Å². The van der Waals surface area contributed by atoms with E-state index in [1.807, 2.05) is 0 Å². The van der Waals surface area contributed by atoms with Gasteiger partial charge in [0.05, 0.1) is 15.6 Å². The van der Waals surface area contributed by atoms with Gasteiger partial charge >= 0.3 is 0 Å². The minimum atomic E-state index is -3.86. The summed E-state index contributed by atoms with van der Waals surface area (Å²) in [5.74, 6) is -0.427. The molecule has 0 atom stereocenters. The Hall–Kier alpha value is -1.74. The first-order valence-corrected chi connectivity index (χ1v) is 12.0. The number of rotatable bonds is 4. The second-order valence-corrected chi connectivity index (χ2v) is 10.9. The van der Waals surface area contributed by atoms with E-state index in [0.717, 1.165) is 6.07 Å². The molecule has 1 aromatic carbocycles. The zero-order valence-electron chi connectivity index (χ0n) is 14.5. The van der Waals surface area contributed by atoms with Crippen molar-refractivity contribution in [2.24, 2.45) is 0 Å². The maximum absolute atomic E-state index is 13.4. The van der Waals surface area contributed by atoms with Gasteiger partial charge in [0.25, 0.3) is 0 Å². The first-order chi connectivity index (χ1) is 13.1. The van der Waals surface area contributed by atoms with Crippen molar-refractivity contribution in [1.82, 2.24) is 9.71 Å². The predicted octanol–water partition coefficient (Wildman–Crippen LogP) is 3.60. The van der Waals surface area contributed by atoms with Gasteiger partial charge in [-0.2, -0.15) is 15.9 Å². The fourth-order valence-electron chi connectivity index (χ4n) is 2.85. The molecule has 2 heterocycles. The Labute approximate surface area is 168 Å². The molecule has 0 radical (unpaired) electrons. The number of halogens is 2. The molecule has 0 amide bonds. The number of hydrogen-bond acceptors (Lipinski definition) is 6. The second-order valence-electron chi connectivity index (χ2n) is 6.39. The van der Waals surface area contributed by atoms with Crippen LogP contribution in [0.3, 0.4) is 0 Å². The minimum Gasteiger partial charge on any atom is -0.299 e. The molecule has 0 spiro atoms. The Morgan fingerprint density at radius 2 is 1.93 bits per heavy atom. The highest BCUT2D eigenvalue weighted by Crippen LogP contribution is 2.44. The Bertz CT molecular complexity index is 1050. The molecule has 0 unspecified atom stereocenters. The van der Waals surface area contributed by atoms with Crippen molar-refractivity contribution < 1.29 is 21.9 Å². The maximum atomic E-state index is 13.4. The van der Waals surface area contributed by atoms with Crippen molar-refractivity contribution in [1.29, 1.82) is 5.26 Å². The summed E-state index contributed by atoms with van der Waals surface area (Å²) < 4.78 is 60.5. The first-order valence-electron chi connectivity index (χ1n) is 8.24. The van der Waals surface area contributed by atoms with Crippen LogP contribution >= 0.6 is 22.2 Å². The van der Waals surface area contributed by atoms with Crippen molar-refractivity contribution in [3.05, 3.63) is 46.9 Å². The molecule has 1 fully saturated rings. The standard InChI is InChI=1S/C17H17ClFN3O4S2/c18-14-9-12(28(25,26)22-11-5-7-27(23,24)8-6-11)1-2-13(14)16-4-3-15(19)17(10-20)21-16/h1-4,9,11,22-24H,5-8H2. The third kappa shape index (κ3) is 4.63. The molecule has 0 saturated carbocycles. The van der Waals surface area contributed by atoms with Crippen LogP contribution < -0.4 is 4.72 Å². The molecule has 7 nitrogen and oxygen atoms in total. The van der Waals surface area contributed by atoms with Crippen molar-refractivity contribution >= 4 is 32.2 Å². The topological polar surface area (TPSA) is 123 Å². The highest BCUT2D eigenvalue weighted by atomic mass is 35.5. The van der Waals surface area contributed by atoms with Gasteiger partial charge in [-0.05, 0) is 43.2 Å². The highest BCUT2D eigenvalue weighted by Gasteiger charge is 2.28. The van der Waals surface area contributed by atoms with Gasteiger partial charge in [0.1, 0.15) is 6.07 Å². The van der Waals surface area contributed by atoms with Crippen LogP contribution in [-0.4, -0.2) is 40.1 Å². The van der Waals surface area contributed by atoms with Gasteiger partial charge in [-0.1, -0.05) is 11.6 Å². The van der Waals surface area contributed by atoms with E-state index in [4.69, 9.17) is 16.9 Å². The molecular weight excluding hydrogens is 429 g/mol. The van der Waals surface area contributed by atoms with Crippen LogP contribution in [0, 0.1) is 17.1 Å². The van der Waals surface area contributed by atoms with Crippen molar-refractivity contribution in [3.63, 3.8) is 0 Å². The van der Waals surface area contributed by atoms with Crippen LogP contribution in [0.25, 0.3) is 11.3 Å². The lowest BCUT2D eigenvalue weighted by atomic mass is 10.1. The van der Waals surface area contributed by atoms with Crippen LogP contribution in [-0.2, 0) is 10.0 Å². The summed E-state index contributed by atoms with van der Waals surface area (Å²) in [4.78, 5) is 3.84. The molecule has 3 rings (SSSR count). The molecule has 11 heteroatoms. The molecule has 1 aliphatic rings. The van der Waals surface area contributed by atoms with Gasteiger partial charge in [0, 0.05) is 23.1 Å². The fourth-order valence-corrected chi connectivity index (χ4v) is 6.06. The normalized spacial score (nSPS) is 18.4. The van der Waals surface area contributed by atoms with Crippen LogP contribution in [0.5, 0.6) is 0 Å². The molecule has 2 aromatic rings. The summed E-state index contributed by atoms with van der Waals surface area (Å²) in [6.07, 6.45) is 0.674. The molecule has 1 saturated heterocycles. The smallest absolute Gasteiger partial charge is 0.240 e. The van der Waals surface area contributed by atoms with E-state index in [1.165, 1.54) is 24.3 Å². The molecule has 28 heavy (non-hydrogen) atoms. The molecule has 150 valence electrons. The number of hydrogen-bond donors (Lipinski definition) is 3. The molecule has 3 N–H and O–H groups in total. The third-order valence-corrected chi connectivity index (χ3v) is 8.00. The number of sulfonamides is 1. The van der Waals surface area contributed by atoms with Gasteiger partial charge in [-0.25, -0.2) is 22.5 Å². The second kappa shape index (κ2) is 7.94. The van der Waals surface area contributed by atoms with Crippen LogP contribution in [0.2, 0.25) is 5.02 Å². The summed E-state index contributed by atoms with van der Waals surface area (Å²) in [6, 6.07) is 7.74. The molecule has 0 aliphatic carbocycles. The van der Waals surface area contributed by atoms with E-state index in [9.17, 15) is 21.9 Å². The zero-order valence-corrected chi connectivity index (χ0v) is 16.9. The number of pyridine rings is 1. The maximum Gasteiger partial charge on any atom is 0.240 e. The summed E-state index contributed by atoms with van der Waals surface area (Å²) in [5.41, 5.74) is 0.233. The van der Waals surface area contributed by atoms with E-state index in [0.29, 0.717) is 18.4 Å². The summed E-state index contributed by atoms with van der Waals surface area (Å²) >= 11 is 6.21. The van der Waals surface area contributed by atoms with Gasteiger partial charge in [0.2, 0.25) is 10.0 Å². The van der Waals surface area contributed by atoms with E-state index in [2.05, 4.69) is 9.71 Å². The lowest BCUT2D eigenvalue weighted by Gasteiger charge is -2.39. The Balaban J connectivity index is 1.83. The zero-order chi connectivity index (χ0) is 20.5. The number of benzene rings is 1. The van der Waals surface area contributed by atoms with Crippen molar-refractivity contribution in [3.8, 4) is 17.3 Å². The van der Waals surface area contributed by atoms with E-state index >= 15 is 0 Å². The van der Waals surface area contributed by atoms with Crippen molar-refractivity contribution in [2.75, 3.05) is 11.5 Å². The largest absolute Gasteiger partial charge is 0.299 e. The highest BCUT2D eigenvalue weighted by molar-refractivity contribution is 8.24. The predicted molar refractivity (Wildman–Crippen MR) is 105 cm³/mol. The average molecular weight is 446 g/mol. The van der Waals surface area contributed by atoms with Gasteiger partial charge in [-0.15, -0.1) is 0 Å². The number of nitrogens with one attached hydrogen (secondary N) is 1.